The van der Waals surface area contributed by atoms with E-state index in [4.69, 9.17) is 0 Å². The number of amides is 3. The van der Waals surface area contributed by atoms with Gasteiger partial charge in [-0.1, -0.05) is 36.4 Å². The molecule has 0 bridgehead atoms. The van der Waals surface area contributed by atoms with Gasteiger partial charge in [-0.25, -0.2) is 9.59 Å². The number of ether oxygens (including phenoxy) is 1. The second kappa shape index (κ2) is 6.54. The van der Waals surface area contributed by atoms with Crippen molar-refractivity contribution in [2.75, 3.05) is 7.11 Å². The van der Waals surface area contributed by atoms with Crippen molar-refractivity contribution in [3.8, 4) is 0 Å². The van der Waals surface area contributed by atoms with E-state index in [2.05, 4.69) is 10.1 Å². The minimum Gasteiger partial charge on any atom is -0.465 e. The van der Waals surface area contributed by atoms with Crippen LogP contribution in [-0.2, 0) is 28.0 Å². The minimum absolute atomic E-state index is 0.163. The summed E-state index contributed by atoms with van der Waals surface area (Å²) in [6.45, 7) is 0.163. The zero-order chi connectivity index (χ0) is 19.0. The number of aryl methyl sites for hydroxylation is 1. The van der Waals surface area contributed by atoms with Crippen molar-refractivity contribution < 1.29 is 19.1 Å². The molecule has 6 nitrogen and oxygen atoms in total. The third-order valence-corrected chi connectivity index (χ3v) is 5.37. The maximum atomic E-state index is 13.2. The van der Waals surface area contributed by atoms with Gasteiger partial charge in [0.2, 0.25) is 0 Å². The van der Waals surface area contributed by atoms with E-state index in [1.165, 1.54) is 12.0 Å². The van der Waals surface area contributed by atoms with Crippen molar-refractivity contribution in [3.05, 3.63) is 70.8 Å². The topological polar surface area (TPSA) is 75.7 Å². The molecule has 1 atom stereocenters. The standard InChI is InChI=1S/C21H20N2O4/c1-27-18(24)16-10-8-14(9-11-16)13-23-19(25)21(22-20(23)26)12-4-6-15-5-2-3-7-17(15)21/h2-3,5,7-11H,4,6,12-13H2,1H3,(H,22,26)/t21-/m1/s1. The summed E-state index contributed by atoms with van der Waals surface area (Å²) in [7, 11) is 1.32. The Labute approximate surface area is 157 Å². The van der Waals surface area contributed by atoms with E-state index in [0.29, 0.717) is 12.0 Å². The Kier molecular flexibility index (Phi) is 4.18. The monoisotopic (exact) mass is 364 g/mol. The van der Waals surface area contributed by atoms with Gasteiger partial charge in [-0.3, -0.25) is 9.69 Å². The van der Waals surface area contributed by atoms with Crippen LogP contribution in [0, 0.1) is 0 Å². The molecule has 0 saturated carbocycles. The molecule has 2 aliphatic rings. The van der Waals surface area contributed by atoms with Crippen LogP contribution in [0.3, 0.4) is 0 Å². The molecule has 6 heteroatoms. The van der Waals surface area contributed by atoms with Crippen LogP contribution in [0.1, 0.15) is 39.9 Å². The molecule has 1 saturated heterocycles. The van der Waals surface area contributed by atoms with E-state index in [0.717, 1.165) is 29.5 Å². The van der Waals surface area contributed by atoms with E-state index in [-0.39, 0.29) is 18.5 Å². The van der Waals surface area contributed by atoms with Crippen LogP contribution < -0.4 is 5.32 Å². The maximum Gasteiger partial charge on any atom is 0.337 e. The largest absolute Gasteiger partial charge is 0.465 e. The lowest BCUT2D eigenvalue weighted by molar-refractivity contribution is -0.132. The van der Waals surface area contributed by atoms with Crippen molar-refractivity contribution in [1.82, 2.24) is 10.2 Å². The SMILES string of the molecule is COC(=O)c1ccc(CN2C(=O)N[C@@]3(CCCc4ccccc43)C2=O)cc1. The van der Waals surface area contributed by atoms with Gasteiger partial charge in [0, 0.05) is 0 Å². The van der Waals surface area contributed by atoms with Gasteiger partial charge in [-0.05, 0) is 48.1 Å². The second-order valence-corrected chi connectivity index (χ2v) is 6.93. The van der Waals surface area contributed by atoms with E-state index < -0.39 is 11.5 Å². The summed E-state index contributed by atoms with van der Waals surface area (Å²) < 4.78 is 4.68. The molecular formula is C21H20N2O4. The zero-order valence-corrected chi connectivity index (χ0v) is 15.0. The summed E-state index contributed by atoms with van der Waals surface area (Å²) in [5, 5.41) is 2.95. The van der Waals surface area contributed by atoms with Gasteiger partial charge in [0.15, 0.2) is 0 Å². The molecule has 4 rings (SSSR count). The fourth-order valence-electron chi connectivity index (χ4n) is 4.00. The van der Waals surface area contributed by atoms with Gasteiger partial charge in [0.05, 0.1) is 19.2 Å². The molecule has 0 unspecified atom stereocenters. The van der Waals surface area contributed by atoms with Crippen molar-refractivity contribution in [3.63, 3.8) is 0 Å². The summed E-state index contributed by atoms with van der Waals surface area (Å²) in [6, 6.07) is 14.1. The van der Waals surface area contributed by atoms with Crippen LogP contribution in [-0.4, -0.2) is 29.9 Å². The van der Waals surface area contributed by atoms with Gasteiger partial charge in [0.25, 0.3) is 5.91 Å². The number of carbonyl (C=O) groups is 3. The Balaban J connectivity index is 1.60. The number of hydrogen-bond donors (Lipinski definition) is 1. The molecule has 0 aromatic heterocycles. The van der Waals surface area contributed by atoms with Crippen LogP contribution in [0.15, 0.2) is 48.5 Å². The minimum atomic E-state index is -0.960. The predicted octanol–water partition coefficient (Wildman–Crippen LogP) is 2.76. The summed E-state index contributed by atoms with van der Waals surface area (Å²) in [6.07, 6.45) is 2.37. The van der Waals surface area contributed by atoms with Crippen LogP contribution >= 0.6 is 0 Å². The first-order valence-electron chi connectivity index (χ1n) is 8.95. The van der Waals surface area contributed by atoms with Gasteiger partial charge in [0.1, 0.15) is 5.54 Å². The zero-order valence-electron chi connectivity index (χ0n) is 15.0. The number of rotatable bonds is 3. The quantitative estimate of drug-likeness (QED) is 0.671. The number of carbonyl (C=O) groups excluding carboxylic acids is 3. The maximum absolute atomic E-state index is 13.2. The molecule has 1 spiro atoms. The Morgan fingerprint density at radius 2 is 1.89 bits per heavy atom. The highest BCUT2D eigenvalue weighted by Gasteiger charge is 2.53. The Morgan fingerprint density at radius 1 is 1.15 bits per heavy atom. The molecule has 27 heavy (non-hydrogen) atoms. The van der Waals surface area contributed by atoms with Crippen LogP contribution in [0.25, 0.3) is 0 Å². The number of benzene rings is 2. The molecule has 138 valence electrons. The summed E-state index contributed by atoms with van der Waals surface area (Å²) in [4.78, 5) is 38.7. The number of urea groups is 1. The molecule has 3 amide bonds. The van der Waals surface area contributed by atoms with Gasteiger partial charge < -0.3 is 10.1 Å². The van der Waals surface area contributed by atoms with Crippen LogP contribution in [0.4, 0.5) is 4.79 Å². The fourth-order valence-corrected chi connectivity index (χ4v) is 4.00. The van der Waals surface area contributed by atoms with Crippen LogP contribution in [0.2, 0.25) is 0 Å². The van der Waals surface area contributed by atoms with Gasteiger partial charge in [-0.15, -0.1) is 0 Å². The number of nitrogens with one attached hydrogen (secondary N) is 1. The summed E-state index contributed by atoms with van der Waals surface area (Å²) >= 11 is 0. The first kappa shape index (κ1) is 17.3. The number of esters is 1. The molecule has 1 heterocycles. The number of nitrogens with zero attached hydrogens (tertiary/aromatic N) is 1. The van der Waals surface area contributed by atoms with Crippen molar-refractivity contribution in [2.45, 2.75) is 31.3 Å². The van der Waals surface area contributed by atoms with E-state index in [1.54, 1.807) is 24.3 Å². The van der Waals surface area contributed by atoms with Gasteiger partial charge >= 0.3 is 12.0 Å². The van der Waals surface area contributed by atoms with Gasteiger partial charge in [-0.2, -0.15) is 0 Å². The number of methoxy groups -OCH3 is 1. The van der Waals surface area contributed by atoms with Crippen molar-refractivity contribution >= 4 is 17.9 Å². The number of fused-ring (bicyclic) bond motifs is 2. The Hall–Kier alpha value is -3.15. The Bertz CT molecular complexity index is 922. The molecular weight excluding hydrogens is 344 g/mol. The number of imide groups is 1. The Morgan fingerprint density at radius 3 is 2.63 bits per heavy atom. The van der Waals surface area contributed by atoms with Crippen LogP contribution in [0.5, 0.6) is 0 Å². The highest BCUT2D eigenvalue weighted by molar-refractivity contribution is 6.07. The normalized spacial score (nSPS) is 21.1. The first-order chi connectivity index (χ1) is 13.0. The molecule has 2 aromatic carbocycles. The van der Waals surface area contributed by atoms with E-state index in [1.807, 2.05) is 24.3 Å². The van der Waals surface area contributed by atoms with E-state index >= 15 is 0 Å². The summed E-state index contributed by atoms with van der Waals surface area (Å²) in [5.74, 6) is -0.633. The second-order valence-electron chi connectivity index (χ2n) is 6.93. The molecule has 2 aromatic rings. The smallest absolute Gasteiger partial charge is 0.337 e. The molecule has 0 radical (unpaired) electrons. The molecule has 1 aliphatic carbocycles. The lowest BCUT2D eigenvalue weighted by Gasteiger charge is -2.33. The average Bonchev–Trinajstić information content (AvgIpc) is 2.93. The van der Waals surface area contributed by atoms with E-state index in [9.17, 15) is 14.4 Å². The molecule has 1 N–H and O–H groups in total. The molecule has 1 fully saturated rings. The summed E-state index contributed by atoms with van der Waals surface area (Å²) in [5.41, 5.74) is 2.25. The highest BCUT2D eigenvalue weighted by Crippen LogP contribution is 2.40. The highest BCUT2D eigenvalue weighted by atomic mass is 16.5. The fraction of sp³-hybridized carbons (Fsp3) is 0.286. The van der Waals surface area contributed by atoms with Crippen molar-refractivity contribution in [2.24, 2.45) is 0 Å². The average molecular weight is 364 g/mol. The third-order valence-electron chi connectivity index (χ3n) is 5.37. The molecule has 1 aliphatic heterocycles. The lowest BCUT2D eigenvalue weighted by atomic mass is 9.76. The lowest BCUT2D eigenvalue weighted by Crippen LogP contribution is -2.46. The van der Waals surface area contributed by atoms with Crippen molar-refractivity contribution in [1.29, 1.82) is 0 Å². The third kappa shape index (κ3) is 2.77. The first-order valence-corrected chi connectivity index (χ1v) is 8.95. The predicted molar refractivity (Wildman–Crippen MR) is 97.9 cm³/mol. The number of hydrogen-bond acceptors (Lipinski definition) is 4.